The Morgan fingerprint density at radius 2 is 1.84 bits per heavy atom. The molecule has 2 aromatic carbocycles. The third-order valence-electron chi connectivity index (χ3n) is 6.10. The van der Waals surface area contributed by atoms with Gasteiger partial charge >= 0.3 is 0 Å². The smallest absolute Gasteiger partial charge is 0.254 e. The Kier molecular flexibility index (Phi) is 5.09. The van der Waals surface area contributed by atoms with Crippen molar-refractivity contribution in [2.24, 2.45) is 0 Å². The number of para-hydroxylation sites is 1. The molecular formula is C25H24N4O3. The Labute approximate surface area is 186 Å². The lowest BCUT2D eigenvalue weighted by Crippen LogP contribution is -2.32. The lowest BCUT2D eigenvalue weighted by Gasteiger charge is -2.25. The summed E-state index contributed by atoms with van der Waals surface area (Å²) in [6.07, 6.45) is 2.01. The molecular weight excluding hydrogens is 404 g/mol. The Morgan fingerprint density at radius 3 is 2.66 bits per heavy atom. The van der Waals surface area contributed by atoms with E-state index in [-0.39, 0.29) is 17.9 Å². The zero-order valence-corrected chi connectivity index (χ0v) is 18.1. The quantitative estimate of drug-likeness (QED) is 0.626. The number of benzene rings is 2. The summed E-state index contributed by atoms with van der Waals surface area (Å²) in [4.78, 5) is 38.3. The van der Waals surface area contributed by atoms with Crippen LogP contribution in [0.25, 0.3) is 0 Å². The highest BCUT2D eigenvalue weighted by Gasteiger charge is 2.35. The number of anilines is 1. The van der Waals surface area contributed by atoms with Crippen molar-refractivity contribution >= 4 is 17.6 Å². The van der Waals surface area contributed by atoms with Gasteiger partial charge in [0.2, 0.25) is 5.91 Å². The summed E-state index contributed by atoms with van der Waals surface area (Å²) in [6, 6.07) is 16.5. The highest BCUT2D eigenvalue weighted by molar-refractivity contribution is 6.00. The molecule has 3 heterocycles. The Balaban J connectivity index is 1.41. The van der Waals surface area contributed by atoms with Crippen molar-refractivity contribution < 1.29 is 14.3 Å². The number of carbonyl (C=O) groups excluding carboxylic acids is 2. The number of likely N-dealkylation sites (tertiary alicyclic amines) is 1. The number of nitrogens with zero attached hydrogens (tertiary/aromatic N) is 4. The van der Waals surface area contributed by atoms with Gasteiger partial charge in [0.1, 0.15) is 17.3 Å². The Hall–Kier alpha value is -3.74. The number of hydrogen-bond donors (Lipinski definition) is 0. The maximum atomic E-state index is 13.4. The molecule has 1 saturated heterocycles. The van der Waals surface area contributed by atoms with E-state index in [9.17, 15) is 9.59 Å². The second kappa shape index (κ2) is 8.07. The molecule has 0 saturated carbocycles. The molecule has 5 rings (SSSR count). The van der Waals surface area contributed by atoms with Gasteiger partial charge in [0.05, 0.1) is 12.5 Å². The summed E-state index contributed by atoms with van der Waals surface area (Å²) in [7, 11) is 1.74. The highest BCUT2D eigenvalue weighted by atomic mass is 16.5. The molecule has 1 atom stereocenters. The molecule has 1 aromatic heterocycles. The Morgan fingerprint density at radius 1 is 1.06 bits per heavy atom. The van der Waals surface area contributed by atoms with Gasteiger partial charge in [0.15, 0.2) is 5.82 Å². The van der Waals surface area contributed by atoms with Gasteiger partial charge < -0.3 is 9.64 Å². The fraction of sp³-hybridized carbons (Fsp3) is 0.280. The first-order valence-electron chi connectivity index (χ1n) is 10.8. The van der Waals surface area contributed by atoms with Crippen molar-refractivity contribution in [3.05, 3.63) is 77.2 Å². The summed E-state index contributed by atoms with van der Waals surface area (Å²) in [5, 5.41) is 0. The van der Waals surface area contributed by atoms with Crippen LogP contribution in [0.15, 0.2) is 54.6 Å². The van der Waals surface area contributed by atoms with Gasteiger partial charge in [-0.15, -0.1) is 0 Å². The highest BCUT2D eigenvalue weighted by Crippen LogP contribution is 2.35. The summed E-state index contributed by atoms with van der Waals surface area (Å²) in [5.41, 5.74) is 2.25. The fourth-order valence-corrected chi connectivity index (χ4v) is 4.38. The van der Waals surface area contributed by atoms with Crippen LogP contribution in [0.1, 0.15) is 46.3 Å². The first-order chi connectivity index (χ1) is 15.5. The normalized spacial score (nSPS) is 17.6. The average molecular weight is 428 g/mol. The summed E-state index contributed by atoms with van der Waals surface area (Å²) >= 11 is 0. The zero-order valence-electron chi connectivity index (χ0n) is 18.1. The van der Waals surface area contributed by atoms with Crippen LogP contribution in [0, 0.1) is 6.92 Å². The van der Waals surface area contributed by atoms with Gasteiger partial charge in [0, 0.05) is 30.4 Å². The third-order valence-corrected chi connectivity index (χ3v) is 6.10. The number of aryl methyl sites for hydroxylation is 1. The number of likely N-dealkylation sites (N-methyl/N-ethyl adjacent to an activating group) is 1. The summed E-state index contributed by atoms with van der Waals surface area (Å²) in [5.74, 6) is 2.54. The van der Waals surface area contributed by atoms with Crippen molar-refractivity contribution in [1.82, 2.24) is 14.9 Å². The lowest BCUT2D eigenvalue weighted by atomic mass is 10.1. The first kappa shape index (κ1) is 20.2. The molecule has 32 heavy (non-hydrogen) atoms. The number of hydrogen-bond acceptors (Lipinski definition) is 5. The standard InChI is InChI=1S/C25H24N4O3/c1-16-20-15-22(30)28(2)24(20)27-23(26-16)21-12-7-13-29(21)25(31)17-8-6-11-19(14-17)32-18-9-4-3-5-10-18/h3-6,8-11,14,21H,7,12-13,15H2,1-2H3/t21-/m0/s1. The molecule has 1 fully saturated rings. The van der Waals surface area contributed by atoms with Crippen LogP contribution >= 0.6 is 0 Å². The number of fused-ring (bicyclic) bond motifs is 1. The minimum atomic E-state index is -0.214. The fourth-order valence-electron chi connectivity index (χ4n) is 4.38. The zero-order chi connectivity index (χ0) is 22.2. The molecule has 0 N–H and O–H groups in total. The molecule has 0 spiro atoms. The van der Waals surface area contributed by atoms with E-state index < -0.39 is 0 Å². The van der Waals surface area contributed by atoms with Crippen LogP contribution in [0.3, 0.4) is 0 Å². The van der Waals surface area contributed by atoms with Crippen molar-refractivity contribution in [2.75, 3.05) is 18.5 Å². The summed E-state index contributed by atoms with van der Waals surface area (Å²) < 4.78 is 5.90. The minimum Gasteiger partial charge on any atom is -0.457 e. The molecule has 162 valence electrons. The molecule has 7 nitrogen and oxygen atoms in total. The lowest BCUT2D eigenvalue weighted by molar-refractivity contribution is -0.117. The van der Waals surface area contributed by atoms with E-state index in [1.807, 2.05) is 54.3 Å². The molecule has 2 amide bonds. The van der Waals surface area contributed by atoms with Crippen LogP contribution in [0.2, 0.25) is 0 Å². The SMILES string of the molecule is Cc1nc([C@@H]2CCCN2C(=O)c2cccc(Oc3ccccc3)c2)nc2c1CC(=O)N2C. The van der Waals surface area contributed by atoms with Gasteiger partial charge in [-0.05, 0) is 50.1 Å². The van der Waals surface area contributed by atoms with Crippen LogP contribution < -0.4 is 9.64 Å². The number of rotatable bonds is 4. The van der Waals surface area contributed by atoms with Crippen molar-refractivity contribution in [2.45, 2.75) is 32.2 Å². The predicted molar refractivity (Wildman–Crippen MR) is 120 cm³/mol. The number of carbonyl (C=O) groups is 2. The van der Waals surface area contributed by atoms with Crippen LogP contribution in [0.5, 0.6) is 11.5 Å². The average Bonchev–Trinajstić information content (AvgIpc) is 3.40. The molecule has 0 bridgehead atoms. The first-order valence-corrected chi connectivity index (χ1v) is 10.8. The van der Waals surface area contributed by atoms with Gasteiger partial charge in [-0.1, -0.05) is 24.3 Å². The third kappa shape index (κ3) is 3.60. The van der Waals surface area contributed by atoms with Crippen LogP contribution in [0.4, 0.5) is 5.82 Å². The largest absolute Gasteiger partial charge is 0.457 e. The molecule has 7 heteroatoms. The second-order valence-electron chi connectivity index (χ2n) is 8.20. The van der Waals surface area contributed by atoms with Crippen molar-refractivity contribution in [3.63, 3.8) is 0 Å². The molecule has 0 radical (unpaired) electrons. The van der Waals surface area contributed by atoms with Gasteiger partial charge in [-0.3, -0.25) is 14.5 Å². The topological polar surface area (TPSA) is 75.6 Å². The monoisotopic (exact) mass is 428 g/mol. The molecule has 0 aliphatic carbocycles. The molecule has 2 aliphatic rings. The second-order valence-corrected chi connectivity index (χ2v) is 8.20. The number of ether oxygens (including phenoxy) is 1. The Bertz CT molecular complexity index is 1200. The van der Waals surface area contributed by atoms with Gasteiger partial charge in [-0.2, -0.15) is 0 Å². The maximum absolute atomic E-state index is 13.4. The van der Waals surface area contributed by atoms with E-state index in [1.54, 1.807) is 24.1 Å². The molecule has 2 aliphatic heterocycles. The van der Waals surface area contributed by atoms with E-state index in [0.717, 1.165) is 29.8 Å². The van der Waals surface area contributed by atoms with Crippen LogP contribution in [-0.4, -0.2) is 40.3 Å². The van der Waals surface area contributed by atoms with Gasteiger partial charge in [0.25, 0.3) is 5.91 Å². The molecule has 0 unspecified atom stereocenters. The van der Waals surface area contributed by atoms with E-state index in [4.69, 9.17) is 9.72 Å². The van der Waals surface area contributed by atoms with Crippen LogP contribution in [-0.2, 0) is 11.2 Å². The number of amides is 2. The predicted octanol–water partition coefficient (Wildman–Crippen LogP) is 4.07. The van der Waals surface area contributed by atoms with E-state index in [0.29, 0.717) is 35.9 Å². The van der Waals surface area contributed by atoms with Crippen molar-refractivity contribution in [1.29, 1.82) is 0 Å². The van der Waals surface area contributed by atoms with Crippen molar-refractivity contribution in [3.8, 4) is 11.5 Å². The number of aromatic nitrogens is 2. The summed E-state index contributed by atoms with van der Waals surface area (Å²) in [6.45, 7) is 2.55. The molecule has 3 aromatic rings. The van der Waals surface area contributed by atoms with E-state index >= 15 is 0 Å². The van der Waals surface area contributed by atoms with E-state index in [2.05, 4.69) is 4.98 Å². The van der Waals surface area contributed by atoms with E-state index in [1.165, 1.54) is 0 Å². The minimum absolute atomic E-state index is 0.0177. The van der Waals surface area contributed by atoms with Gasteiger partial charge in [-0.25, -0.2) is 9.97 Å². The maximum Gasteiger partial charge on any atom is 0.254 e.